The highest BCUT2D eigenvalue weighted by Crippen LogP contribution is 2.38. The molecule has 0 radical (unpaired) electrons. The number of hydrogen-bond acceptors (Lipinski definition) is 5. The molecule has 28 heavy (non-hydrogen) atoms. The lowest BCUT2D eigenvalue weighted by molar-refractivity contribution is -0.118. The van der Waals surface area contributed by atoms with Crippen molar-refractivity contribution in [1.82, 2.24) is 15.2 Å². The van der Waals surface area contributed by atoms with Crippen molar-refractivity contribution >= 4 is 46.2 Å². The van der Waals surface area contributed by atoms with Crippen LogP contribution in [0.15, 0.2) is 48.5 Å². The van der Waals surface area contributed by atoms with E-state index in [0.29, 0.717) is 27.4 Å². The number of hydrogen-bond donors (Lipinski definition) is 1. The quantitative estimate of drug-likeness (QED) is 0.609. The topological polar surface area (TPSA) is 62.3 Å². The number of aromatic nitrogens is 1. The van der Waals surface area contributed by atoms with Gasteiger partial charge in [0.2, 0.25) is 11.7 Å². The van der Waals surface area contributed by atoms with E-state index in [-0.39, 0.29) is 24.8 Å². The van der Waals surface area contributed by atoms with E-state index >= 15 is 0 Å². The summed E-state index contributed by atoms with van der Waals surface area (Å²) in [6.45, 7) is 0.730. The largest absolute Gasteiger partial charge is 0.342 e. The fourth-order valence-electron chi connectivity index (χ4n) is 2.99. The first-order chi connectivity index (χ1) is 13.5. The zero-order chi connectivity index (χ0) is 19.7. The van der Waals surface area contributed by atoms with Crippen molar-refractivity contribution in [3.63, 3.8) is 0 Å². The number of rotatable bonds is 5. The Labute approximate surface area is 175 Å². The summed E-state index contributed by atoms with van der Waals surface area (Å²) >= 11 is 13.6. The van der Waals surface area contributed by atoms with E-state index < -0.39 is 0 Å². The van der Waals surface area contributed by atoms with Gasteiger partial charge in [-0.25, -0.2) is 4.98 Å². The van der Waals surface area contributed by atoms with E-state index in [4.69, 9.17) is 23.2 Å². The van der Waals surface area contributed by atoms with Gasteiger partial charge in [0.1, 0.15) is 0 Å². The Morgan fingerprint density at radius 3 is 2.43 bits per heavy atom. The summed E-state index contributed by atoms with van der Waals surface area (Å²) in [6, 6.07) is 14.8. The first-order valence-electron chi connectivity index (χ1n) is 8.54. The van der Waals surface area contributed by atoms with Gasteiger partial charge in [-0.3, -0.25) is 14.5 Å². The van der Waals surface area contributed by atoms with Gasteiger partial charge in [-0.05, 0) is 29.8 Å². The van der Waals surface area contributed by atoms with Gasteiger partial charge in [0.25, 0.3) is 0 Å². The molecular weight excluding hydrogens is 417 g/mol. The molecule has 5 nitrogen and oxygen atoms in total. The molecule has 0 bridgehead atoms. The minimum absolute atomic E-state index is 0.0776. The Kier molecular flexibility index (Phi) is 5.46. The number of carbonyl (C=O) groups is 2. The van der Waals surface area contributed by atoms with Crippen molar-refractivity contribution in [2.75, 3.05) is 19.8 Å². The molecule has 0 spiro atoms. The predicted octanol–water partition coefficient (Wildman–Crippen LogP) is 4.36. The van der Waals surface area contributed by atoms with Crippen LogP contribution >= 0.6 is 34.5 Å². The summed E-state index contributed by atoms with van der Waals surface area (Å²) in [5, 5.41) is 4.29. The van der Waals surface area contributed by atoms with Crippen LogP contribution in [0.4, 0.5) is 0 Å². The van der Waals surface area contributed by atoms with E-state index in [0.717, 1.165) is 16.0 Å². The monoisotopic (exact) mass is 431 g/mol. The fourth-order valence-corrected chi connectivity index (χ4v) is 4.39. The van der Waals surface area contributed by atoms with Gasteiger partial charge < -0.3 is 5.32 Å². The van der Waals surface area contributed by atoms with Crippen LogP contribution in [0.1, 0.15) is 9.80 Å². The van der Waals surface area contributed by atoms with Gasteiger partial charge in [-0.1, -0.05) is 47.5 Å². The highest BCUT2D eigenvalue weighted by Gasteiger charge is 2.24. The molecule has 1 aliphatic rings. The lowest BCUT2D eigenvalue weighted by Crippen LogP contribution is -2.28. The number of thiazole rings is 1. The van der Waals surface area contributed by atoms with Crippen LogP contribution in [0.5, 0.6) is 0 Å². The van der Waals surface area contributed by atoms with E-state index in [9.17, 15) is 9.59 Å². The average molecular weight is 432 g/mol. The number of ketones is 1. The fraction of sp³-hybridized carbons (Fsp3) is 0.150. The lowest BCUT2D eigenvalue weighted by Gasteiger charge is -2.09. The van der Waals surface area contributed by atoms with Crippen LogP contribution in [0.2, 0.25) is 10.0 Å². The van der Waals surface area contributed by atoms with Gasteiger partial charge in [0.15, 0.2) is 5.01 Å². The van der Waals surface area contributed by atoms with Gasteiger partial charge in [-0.15, -0.1) is 11.3 Å². The second-order valence-electron chi connectivity index (χ2n) is 6.39. The maximum absolute atomic E-state index is 12.8. The van der Waals surface area contributed by atoms with Gasteiger partial charge in [-0.2, -0.15) is 0 Å². The molecule has 142 valence electrons. The maximum atomic E-state index is 12.8. The first kappa shape index (κ1) is 19.1. The van der Waals surface area contributed by atoms with Crippen molar-refractivity contribution in [3.8, 4) is 21.7 Å². The second-order valence-corrected chi connectivity index (χ2v) is 8.26. The third kappa shape index (κ3) is 4.10. The number of nitrogens with zero attached hydrogens (tertiary/aromatic N) is 2. The maximum Gasteiger partial charge on any atom is 0.235 e. The predicted molar refractivity (Wildman–Crippen MR) is 112 cm³/mol. The summed E-state index contributed by atoms with van der Waals surface area (Å²) in [5.41, 5.74) is 2.40. The number of Topliss-reactive ketones (excluding diaryl/α,β-unsaturated/α-hetero) is 1. The molecule has 4 rings (SSSR count). The van der Waals surface area contributed by atoms with Crippen molar-refractivity contribution < 1.29 is 9.59 Å². The van der Waals surface area contributed by atoms with Crippen molar-refractivity contribution in [2.45, 2.75) is 0 Å². The smallest absolute Gasteiger partial charge is 0.235 e. The van der Waals surface area contributed by atoms with Crippen molar-refractivity contribution in [3.05, 3.63) is 63.6 Å². The van der Waals surface area contributed by atoms with Crippen LogP contribution in [0.3, 0.4) is 0 Å². The first-order valence-corrected chi connectivity index (χ1v) is 10.1. The summed E-state index contributed by atoms with van der Waals surface area (Å²) in [4.78, 5) is 31.4. The van der Waals surface area contributed by atoms with E-state index in [2.05, 4.69) is 10.3 Å². The zero-order valence-corrected chi connectivity index (χ0v) is 16.9. The molecule has 0 atom stereocenters. The molecule has 1 saturated heterocycles. The SMILES string of the molecule is O=C1CN(CC(=O)c2nc(-c3cccc(Cl)c3)c(-c3cccc(Cl)c3)s2)CN1. The summed E-state index contributed by atoms with van der Waals surface area (Å²) in [6.07, 6.45) is 0. The molecule has 3 aromatic rings. The van der Waals surface area contributed by atoms with Crippen LogP contribution in [-0.4, -0.2) is 41.3 Å². The minimum atomic E-state index is -0.127. The lowest BCUT2D eigenvalue weighted by atomic mass is 10.1. The Bertz CT molecular complexity index is 1000. The molecule has 8 heteroatoms. The number of amides is 1. The summed E-state index contributed by atoms with van der Waals surface area (Å²) in [5.74, 6) is -0.204. The average Bonchev–Trinajstić information content (AvgIpc) is 3.28. The second kappa shape index (κ2) is 8.01. The molecule has 0 unspecified atom stereocenters. The third-order valence-electron chi connectivity index (χ3n) is 4.28. The summed E-state index contributed by atoms with van der Waals surface area (Å²) < 4.78 is 0. The highest BCUT2D eigenvalue weighted by molar-refractivity contribution is 7.17. The van der Waals surface area contributed by atoms with E-state index in [1.165, 1.54) is 11.3 Å². The highest BCUT2D eigenvalue weighted by atomic mass is 35.5. The summed E-state index contributed by atoms with van der Waals surface area (Å²) in [7, 11) is 0. The molecule has 1 fully saturated rings. The normalized spacial score (nSPS) is 14.3. The Morgan fingerprint density at radius 2 is 1.79 bits per heavy atom. The minimum Gasteiger partial charge on any atom is -0.342 e. The van der Waals surface area contributed by atoms with Gasteiger partial charge in [0.05, 0.1) is 30.3 Å². The van der Waals surface area contributed by atoms with Gasteiger partial charge >= 0.3 is 0 Å². The third-order valence-corrected chi connectivity index (χ3v) is 5.90. The number of nitrogens with one attached hydrogen (secondary N) is 1. The number of carbonyl (C=O) groups excluding carboxylic acids is 2. The molecular formula is C20H15Cl2N3O2S. The molecule has 1 N–H and O–H groups in total. The van der Waals surface area contributed by atoms with Crippen molar-refractivity contribution in [1.29, 1.82) is 0 Å². The Balaban J connectivity index is 1.73. The molecule has 0 aliphatic carbocycles. The van der Waals surface area contributed by atoms with Crippen molar-refractivity contribution in [2.24, 2.45) is 0 Å². The molecule has 0 saturated carbocycles. The molecule has 1 amide bonds. The Morgan fingerprint density at radius 1 is 1.11 bits per heavy atom. The number of benzene rings is 2. The van der Waals surface area contributed by atoms with Crippen LogP contribution in [-0.2, 0) is 4.79 Å². The van der Waals surface area contributed by atoms with Crippen LogP contribution < -0.4 is 5.32 Å². The van der Waals surface area contributed by atoms with E-state index in [1.54, 1.807) is 17.0 Å². The molecule has 2 heterocycles. The molecule has 2 aromatic carbocycles. The molecule has 1 aliphatic heterocycles. The zero-order valence-electron chi connectivity index (χ0n) is 14.6. The standard InChI is InChI=1S/C20H15Cl2N3O2S/c21-14-5-1-3-12(7-14)18-19(13-4-2-6-15(22)8-13)28-20(24-18)16(26)9-25-10-17(27)23-11-25/h1-8H,9-11H2,(H,23,27). The molecule has 1 aromatic heterocycles. The van der Waals surface area contributed by atoms with E-state index in [1.807, 2.05) is 36.4 Å². The van der Waals surface area contributed by atoms with Crippen LogP contribution in [0, 0.1) is 0 Å². The number of halogens is 2. The van der Waals surface area contributed by atoms with Crippen LogP contribution in [0.25, 0.3) is 21.7 Å². The van der Waals surface area contributed by atoms with Gasteiger partial charge in [0, 0.05) is 15.6 Å². The Hall–Kier alpha value is -2.25.